The molecule has 1 unspecified atom stereocenters. The third-order valence-electron chi connectivity index (χ3n) is 5.04. The topological polar surface area (TPSA) is 73.2 Å². The van der Waals surface area contributed by atoms with Crippen molar-refractivity contribution < 1.29 is 13.9 Å². The number of para-hydroxylation sites is 1. The quantitative estimate of drug-likeness (QED) is 0.483. The minimum absolute atomic E-state index is 0.0615. The second kappa shape index (κ2) is 8.97. The van der Waals surface area contributed by atoms with Crippen LogP contribution in [0.1, 0.15) is 18.4 Å². The van der Waals surface area contributed by atoms with E-state index in [9.17, 15) is 14.0 Å². The van der Waals surface area contributed by atoms with Gasteiger partial charge in [-0.15, -0.1) is 0 Å². The highest BCUT2D eigenvalue weighted by Gasteiger charge is 2.18. The van der Waals surface area contributed by atoms with Gasteiger partial charge < -0.3 is 10.1 Å². The fraction of sp³-hybridized carbons (Fsp3) is 0.318. The van der Waals surface area contributed by atoms with Crippen molar-refractivity contribution in [2.45, 2.75) is 31.0 Å². The molecule has 1 N–H and O–H groups in total. The number of nitrogens with zero attached hydrogens (tertiary/aromatic N) is 2. The molecule has 1 amide bonds. The molecular weight excluding hydrogens is 405 g/mol. The number of thioether (sulfide) groups is 1. The second-order valence-corrected chi connectivity index (χ2v) is 8.16. The zero-order valence-corrected chi connectivity index (χ0v) is 17.4. The van der Waals surface area contributed by atoms with E-state index < -0.39 is 5.82 Å². The molecule has 1 atom stereocenters. The van der Waals surface area contributed by atoms with Crippen LogP contribution in [0.2, 0.25) is 0 Å². The van der Waals surface area contributed by atoms with Gasteiger partial charge in [-0.3, -0.25) is 14.2 Å². The summed E-state index contributed by atoms with van der Waals surface area (Å²) in [5.41, 5.74) is 1.10. The molecule has 0 aliphatic carbocycles. The average molecular weight is 428 g/mol. The first kappa shape index (κ1) is 20.6. The van der Waals surface area contributed by atoms with Crippen LogP contribution >= 0.6 is 11.8 Å². The molecule has 2 aromatic carbocycles. The molecule has 1 aliphatic heterocycles. The molecule has 0 radical (unpaired) electrons. The van der Waals surface area contributed by atoms with E-state index in [1.54, 1.807) is 43.3 Å². The highest BCUT2D eigenvalue weighted by atomic mass is 32.2. The van der Waals surface area contributed by atoms with E-state index in [2.05, 4.69) is 10.3 Å². The first-order chi connectivity index (χ1) is 14.5. The second-order valence-electron chi connectivity index (χ2n) is 7.21. The number of carbonyl (C=O) groups is 1. The Morgan fingerprint density at radius 1 is 1.33 bits per heavy atom. The van der Waals surface area contributed by atoms with Crippen LogP contribution in [0.5, 0.6) is 0 Å². The zero-order valence-electron chi connectivity index (χ0n) is 16.6. The number of fused-ring (bicyclic) bond motifs is 1. The van der Waals surface area contributed by atoms with Crippen LogP contribution in [-0.4, -0.2) is 40.5 Å². The van der Waals surface area contributed by atoms with Gasteiger partial charge in [-0.25, -0.2) is 9.37 Å². The number of hydrogen-bond donors (Lipinski definition) is 1. The van der Waals surface area contributed by atoms with Gasteiger partial charge in [0.25, 0.3) is 5.56 Å². The first-order valence-corrected chi connectivity index (χ1v) is 10.8. The lowest BCUT2D eigenvalue weighted by molar-refractivity contribution is -0.119. The largest absolute Gasteiger partial charge is 0.376 e. The highest BCUT2D eigenvalue weighted by molar-refractivity contribution is 7.99. The van der Waals surface area contributed by atoms with Crippen molar-refractivity contribution in [3.63, 3.8) is 0 Å². The van der Waals surface area contributed by atoms with Gasteiger partial charge in [0.05, 0.1) is 28.4 Å². The zero-order chi connectivity index (χ0) is 21.1. The average Bonchev–Trinajstić information content (AvgIpc) is 3.27. The number of rotatable bonds is 6. The van der Waals surface area contributed by atoms with Crippen molar-refractivity contribution in [1.82, 2.24) is 14.9 Å². The number of halogens is 1. The number of ether oxygens (including phenoxy) is 1. The third-order valence-corrected chi connectivity index (χ3v) is 5.98. The molecule has 30 heavy (non-hydrogen) atoms. The van der Waals surface area contributed by atoms with Crippen LogP contribution in [0.3, 0.4) is 0 Å². The molecular formula is C22H22FN3O3S. The minimum atomic E-state index is -0.405. The molecule has 1 aromatic heterocycles. The molecule has 1 aliphatic rings. The molecule has 2 heterocycles. The molecule has 1 fully saturated rings. The van der Waals surface area contributed by atoms with Gasteiger partial charge in [-0.05, 0) is 49.6 Å². The summed E-state index contributed by atoms with van der Waals surface area (Å²) in [5, 5.41) is 3.64. The van der Waals surface area contributed by atoms with Gasteiger partial charge in [-0.1, -0.05) is 30.0 Å². The predicted octanol–water partition coefficient (Wildman–Crippen LogP) is 3.22. The lowest BCUT2D eigenvalue weighted by Gasteiger charge is -2.14. The fourth-order valence-corrected chi connectivity index (χ4v) is 4.21. The van der Waals surface area contributed by atoms with Crippen LogP contribution < -0.4 is 10.9 Å². The summed E-state index contributed by atoms with van der Waals surface area (Å²) in [6.45, 7) is 2.87. The molecule has 4 rings (SSSR count). The van der Waals surface area contributed by atoms with E-state index in [0.717, 1.165) is 31.2 Å². The lowest BCUT2D eigenvalue weighted by Crippen LogP contribution is -2.33. The van der Waals surface area contributed by atoms with Crippen molar-refractivity contribution >= 4 is 28.6 Å². The highest BCUT2D eigenvalue weighted by Crippen LogP contribution is 2.22. The number of amides is 1. The summed E-state index contributed by atoms with van der Waals surface area (Å²) in [5.74, 6) is -0.483. The SMILES string of the molecule is Cc1ccc(-n2c(SCC(=O)NCC3CCCO3)nc3ccccc3c2=O)cc1F. The lowest BCUT2D eigenvalue weighted by atomic mass is 10.2. The summed E-state index contributed by atoms with van der Waals surface area (Å²) in [7, 11) is 0. The summed E-state index contributed by atoms with van der Waals surface area (Å²) in [6, 6.07) is 11.6. The van der Waals surface area contributed by atoms with E-state index in [1.807, 2.05) is 0 Å². The normalized spacial score (nSPS) is 16.1. The molecule has 156 valence electrons. The van der Waals surface area contributed by atoms with Crippen LogP contribution in [0, 0.1) is 12.7 Å². The Labute approximate surface area is 177 Å². The van der Waals surface area contributed by atoms with Crippen molar-refractivity contribution in [3.8, 4) is 5.69 Å². The van der Waals surface area contributed by atoms with Gasteiger partial charge in [0.2, 0.25) is 5.91 Å². The van der Waals surface area contributed by atoms with Gasteiger partial charge >= 0.3 is 0 Å². The van der Waals surface area contributed by atoms with Crippen molar-refractivity contribution in [1.29, 1.82) is 0 Å². The van der Waals surface area contributed by atoms with Gasteiger partial charge in [0.1, 0.15) is 5.82 Å². The summed E-state index contributed by atoms with van der Waals surface area (Å²) >= 11 is 1.15. The first-order valence-electron chi connectivity index (χ1n) is 9.82. The van der Waals surface area contributed by atoms with Crippen molar-refractivity contribution in [2.24, 2.45) is 0 Å². The number of nitrogens with one attached hydrogen (secondary N) is 1. The van der Waals surface area contributed by atoms with E-state index in [-0.39, 0.29) is 23.3 Å². The maximum atomic E-state index is 14.2. The Kier molecular flexibility index (Phi) is 6.15. The van der Waals surface area contributed by atoms with E-state index in [4.69, 9.17) is 4.74 Å². The number of carbonyl (C=O) groups excluding carboxylic acids is 1. The van der Waals surface area contributed by atoms with E-state index >= 15 is 0 Å². The maximum absolute atomic E-state index is 14.2. The third kappa shape index (κ3) is 4.39. The van der Waals surface area contributed by atoms with E-state index in [0.29, 0.717) is 33.9 Å². The van der Waals surface area contributed by atoms with Crippen LogP contribution in [0.25, 0.3) is 16.6 Å². The molecule has 3 aromatic rings. The minimum Gasteiger partial charge on any atom is -0.376 e. The van der Waals surface area contributed by atoms with Gasteiger partial charge in [0.15, 0.2) is 5.16 Å². The van der Waals surface area contributed by atoms with Crippen molar-refractivity contribution in [3.05, 3.63) is 64.2 Å². The molecule has 0 saturated carbocycles. The van der Waals surface area contributed by atoms with Crippen molar-refractivity contribution in [2.75, 3.05) is 18.9 Å². The molecule has 8 heteroatoms. The van der Waals surface area contributed by atoms with Crippen LogP contribution in [0.15, 0.2) is 52.4 Å². The number of aromatic nitrogens is 2. The maximum Gasteiger partial charge on any atom is 0.266 e. The van der Waals surface area contributed by atoms with E-state index in [1.165, 1.54) is 10.6 Å². The Morgan fingerprint density at radius 3 is 2.93 bits per heavy atom. The Balaban J connectivity index is 1.63. The molecule has 6 nitrogen and oxygen atoms in total. The number of aryl methyl sites for hydroxylation is 1. The molecule has 0 bridgehead atoms. The standard InChI is InChI=1S/C22H22FN3O3S/c1-14-8-9-15(11-18(14)23)26-21(28)17-6-2-3-7-19(17)25-22(26)30-13-20(27)24-12-16-5-4-10-29-16/h2-3,6-9,11,16H,4-5,10,12-13H2,1H3,(H,24,27). The van der Waals surface area contributed by atoms with Crippen LogP contribution in [0.4, 0.5) is 4.39 Å². The fourth-order valence-electron chi connectivity index (χ4n) is 3.37. The predicted molar refractivity (Wildman–Crippen MR) is 115 cm³/mol. The summed E-state index contributed by atoms with van der Waals surface area (Å²) in [6.07, 6.45) is 2.01. The Hall–Kier alpha value is -2.71. The van der Waals surface area contributed by atoms with Gasteiger partial charge in [-0.2, -0.15) is 0 Å². The monoisotopic (exact) mass is 427 g/mol. The Morgan fingerprint density at radius 2 is 2.17 bits per heavy atom. The van der Waals surface area contributed by atoms with Crippen LogP contribution in [-0.2, 0) is 9.53 Å². The summed E-state index contributed by atoms with van der Waals surface area (Å²) < 4.78 is 21.1. The Bertz CT molecular complexity index is 1140. The number of benzene rings is 2. The molecule has 0 spiro atoms. The molecule has 1 saturated heterocycles. The summed E-state index contributed by atoms with van der Waals surface area (Å²) in [4.78, 5) is 30.0. The van der Waals surface area contributed by atoms with Gasteiger partial charge in [0, 0.05) is 13.2 Å². The number of hydrogen-bond acceptors (Lipinski definition) is 5. The smallest absolute Gasteiger partial charge is 0.266 e.